The molecule has 5 rings (SSSR count). The standard InChI is InChI=1S/C27H28N6O4/c1-15-3-2-4-22(31-15)17(12-28)14-30-19-9-16(10-19)13-29-18-5-6-20-21(11-18)27(37)33(26(20)36)23-7-8-24(34)32-25(23)35/h2-6,11-12,14,16,19,23,29H,7-10,13,28H2,1H3,(H,32,34,35). The molecule has 2 aromatic rings. The molecule has 1 saturated carbocycles. The molecule has 4 amide bonds. The Kier molecular flexibility index (Phi) is 6.56. The van der Waals surface area contributed by atoms with Gasteiger partial charge in [-0.3, -0.25) is 39.4 Å². The van der Waals surface area contributed by atoms with Crippen molar-refractivity contribution < 1.29 is 19.2 Å². The highest BCUT2D eigenvalue weighted by atomic mass is 16.2. The van der Waals surface area contributed by atoms with E-state index in [1.54, 1.807) is 24.4 Å². The lowest BCUT2D eigenvalue weighted by molar-refractivity contribution is -0.136. The second kappa shape index (κ2) is 9.96. The minimum Gasteiger partial charge on any atom is -0.404 e. The van der Waals surface area contributed by atoms with Crippen LogP contribution >= 0.6 is 0 Å². The zero-order valence-corrected chi connectivity index (χ0v) is 20.4. The first-order valence-corrected chi connectivity index (χ1v) is 12.3. The predicted molar refractivity (Wildman–Crippen MR) is 138 cm³/mol. The van der Waals surface area contributed by atoms with E-state index in [9.17, 15) is 19.2 Å². The summed E-state index contributed by atoms with van der Waals surface area (Å²) < 4.78 is 0. The van der Waals surface area contributed by atoms with Gasteiger partial charge in [0.1, 0.15) is 6.04 Å². The Hall–Kier alpha value is -4.34. The molecular weight excluding hydrogens is 472 g/mol. The minimum absolute atomic E-state index is 0.0929. The number of hydrogen-bond donors (Lipinski definition) is 3. The number of piperidine rings is 1. The maximum atomic E-state index is 13.0. The Balaban J connectivity index is 1.15. The quantitative estimate of drug-likeness (QED) is 0.389. The number of benzene rings is 1. The molecule has 190 valence electrons. The maximum absolute atomic E-state index is 13.0. The number of carbonyl (C=O) groups excluding carboxylic acids is 4. The van der Waals surface area contributed by atoms with Crippen molar-refractivity contribution in [3.05, 3.63) is 65.1 Å². The third kappa shape index (κ3) is 4.87. The average Bonchev–Trinajstić information content (AvgIpc) is 3.09. The molecule has 3 aliphatic rings. The fourth-order valence-electron chi connectivity index (χ4n) is 4.92. The van der Waals surface area contributed by atoms with Gasteiger partial charge in [-0.25, -0.2) is 0 Å². The molecular formula is C27H28N6O4. The molecule has 37 heavy (non-hydrogen) atoms. The second-order valence-electron chi connectivity index (χ2n) is 9.64. The van der Waals surface area contributed by atoms with Gasteiger partial charge in [-0.05, 0) is 62.4 Å². The Morgan fingerprint density at radius 3 is 2.68 bits per heavy atom. The van der Waals surface area contributed by atoms with Gasteiger partial charge in [0.05, 0.1) is 22.9 Å². The number of aliphatic imine (C=N–C) groups is 1. The first kappa shape index (κ1) is 24.4. The molecule has 1 aromatic carbocycles. The van der Waals surface area contributed by atoms with E-state index in [-0.39, 0.29) is 30.0 Å². The summed E-state index contributed by atoms with van der Waals surface area (Å²) in [5.41, 5.74) is 9.54. The highest BCUT2D eigenvalue weighted by molar-refractivity contribution is 6.23. The highest BCUT2D eigenvalue weighted by Gasteiger charge is 2.44. The number of nitrogens with one attached hydrogen (secondary N) is 2. The van der Waals surface area contributed by atoms with E-state index in [4.69, 9.17) is 5.73 Å². The van der Waals surface area contributed by atoms with Crippen LogP contribution in [0.5, 0.6) is 0 Å². The lowest BCUT2D eigenvalue weighted by Crippen LogP contribution is -2.54. The summed E-state index contributed by atoms with van der Waals surface area (Å²) in [4.78, 5) is 59.6. The lowest BCUT2D eigenvalue weighted by Gasteiger charge is -2.33. The van der Waals surface area contributed by atoms with Gasteiger partial charge in [0.25, 0.3) is 11.8 Å². The molecule has 3 heterocycles. The number of allylic oxidation sites excluding steroid dienone is 1. The van der Waals surface area contributed by atoms with E-state index in [0.29, 0.717) is 12.5 Å². The summed E-state index contributed by atoms with van der Waals surface area (Å²) in [7, 11) is 0. The lowest BCUT2D eigenvalue weighted by atomic mass is 9.80. The first-order chi connectivity index (χ1) is 17.8. The summed E-state index contributed by atoms with van der Waals surface area (Å²) in [5, 5.41) is 5.55. The summed E-state index contributed by atoms with van der Waals surface area (Å²) in [5.74, 6) is -1.60. The molecule has 0 radical (unpaired) electrons. The number of aryl methyl sites for hydroxylation is 1. The van der Waals surface area contributed by atoms with Crippen LogP contribution in [0.4, 0.5) is 5.69 Å². The van der Waals surface area contributed by atoms with Crippen molar-refractivity contribution in [3.63, 3.8) is 0 Å². The van der Waals surface area contributed by atoms with Crippen molar-refractivity contribution in [1.29, 1.82) is 0 Å². The zero-order valence-electron chi connectivity index (χ0n) is 20.4. The van der Waals surface area contributed by atoms with Crippen LogP contribution in [-0.2, 0) is 9.59 Å². The Labute approximate surface area is 214 Å². The molecule has 1 atom stereocenters. The van der Waals surface area contributed by atoms with Crippen molar-refractivity contribution in [2.75, 3.05) is 11.9 Å². The number of carbonyl (C=O) groups is 4. The SMILES string of the molecule is Cc1cccc(C(C=NC2CC(CNc3ccc4c(c3)C(=O)N(C3CCC(=O)NC3=O)C4=O)C2)=CN)n1. The summed E-state index contributed by atoms with van der Waals surface area (Å²) in [6.45, 7) is 2.64. The number of pyridine rings is 1. The van der Waals surface area contributed by atoms with E-state index in [0.717, 1.165) is 40.4 Å². The summed E-state index contributed by atoms with van der Waals surface area (Å²) >= 11 is 0. The maximum Gasteiger partial charge on any atom is 0.262 e. The molecule has 4 N–H and O–H groups in total. The molecule has 10 nitrogen and oxygen atoms in total. The third-order valence-electron chi connectivity index (χ3n) is 7.03. The number of rotatable bonds is 7. The molecule has 1 aliphatic carbocycles. The van der Waals surface area contributed by atoms with Gasteiger partial charge in [-0.2, -0.15) is 0 Å². The van der Waals surface area contributed by atoms with E-state index in [2.05, 4.69) is 20.6 Å². The predicted octanol–water partition coefficient (Wildman–Crippen LogP) is 2.05. The van der Waals surface area contributed by atoms with Crippen molar-refractivity contribution in [2.24, 2.45) is 16.6 Å². The fourth-order valence-corrected chi connectivity index (χ4v) is 4.92. The van der Waals surface area contributed by atoms with Crippen LogP contribution in [0.3, 0.4) is 0 Å². The molecule has 1 aromatic heterocycles. The van der Waals surface area contributed by atoms with Gasteiger partial charge < -0.3 is 11.1 Å². The number of amides is 4. The van der Waals surface area contributed by atoms with Gasteiger partial charge in [0.2, 0.25) is 11.8 Å². The van der Waals surface area contributed by atoms with Crippen molar-refractivity contribution in [2.45, 2.75) is 44.7 Å². The summed E-state index contributed by atoms with van der Waals surface area (Å²) in [6, 6.07) is 10.1. The molecule has 2 aliphatic heterocycles. The van der Waals surface area contributed by atoms with E-state index in [1.807, 2.05) is 25.1 Å². The molecule has 1 saturated heterocycles. The van der Waals surface area contributed by atoms with Gasteiger partial charge in [0.15, 0.2) is 0 Å². The normalized spacial score (nSPS) is 23.8. The Bertz CT molecular complexity index is 1340. The van der Waals surface area contributed by atoms with E-state index in [1.165, 1.54) is 6.20 Å². The zero-order chi connectivity index (χ0) is 26.1. The van der Waals surface area contributed by atoms with Gasteiger partial charge in [-0.15, -0.1) is 0 Å². The number of fused-ring (bicyclic) bond motifs is 1. The van der Waals surface area contributed by atoms with Crippen LogP contribution in [0.1, 0.15) is 57.8 Å². The molecule has 0 bridgehead atoms. The van der Waals surface area contributed by atoms with E-state index >= 15 is 0 Å². The monoisotopic (exact) mass is 500 g/mol. The number of aromatic nitrogens is 1. The van der Waals surface area contributed by atoms with Crippen molar-refractivity contribution in [3.8, 4) is 0 Å². The van der Waals surface area contributed by atoms with Gasteiger partial charge in [0, 0.05) is 42.3 Å². The number of nitrogens with two attached hydrogens (primary N) is 1. The van der Waals surface area contributed by atoms with Crippen LogP contribution in [0.2, 0.25) is 0 Å². The highest BCUT2D eigenvalue weighted by Crippen LogP contribution is 2.32. The summed E-state index contributed by atoms with van der Waals surface area (Å²) in [6.07, 6.45) is 5.38. The smallest absolute Gasteiger partial charge is 0.262 e. The molecule has 2 fully saturated rings. The number of anilines is 1. The van der Waals surface area contributed by atoms with Crippen LogP contribution in [-0.4, -0.2) is 58.4 Å². The van der Waals surface area contributed by atoms with Crippen molar-refractivity contribution in [1.82, 2.24) is 15.2 Å². The average molecular weight is 501 g/mol. The Morgan fingerprint density at radius 1 is 1.16 bits per heavy atom. The Morgan fingerprint density at radius 2 is 1.95 bits per heavy atom. The fraction of sp³-hybridized carbons (Fsp3) is 0.333. The number of hydrogen-bond acceptors (Lipinski definition) is 8. The van der Waals surface area contributed by atoms with Gasteiger partial charge in [-0.1, -0.05) is 6.07 Å². The van der Waals surface area contributed by atoms with Crippen molar-refractivity contribution >= 4 is 41.1 Å². The topological polar surface area (TPSA) is 147 Å². The van der Waals surface area contributed by atoms with E-state index < -0.39 is 29.7 Å². The number of nitrogens with zero attached hydrogens (tertiary/aromatic N) is 3. The minimum atomic E-state index is -0.967. The van der Waals surface area contributed by atoms with Crippen LogP contribution in [0.25, 0.3) is 5.57 Å². The largest absolute Gasteiger partial charge is 0.404 e. The van der Waals surface area contributed by atoms with Gasteiger partial charge >= 0.3 is 0 Å². The third-order valence-corrected chi connectivity index (χ3v) is 7.03. The van der Waals surface area contributed by atoms with Crippen LogP contribution in [0, 0.1) is 12.8 Å². The molecule has 10 heteroatoms. The molecule has 0 spiro atoms. The first-order valence-electron chi connectivity index (χ1n) is 12.3. The van der Waals surface area contributed by atoms with Crippen LogP contribution < -0.4 is 16.4 Å². The second-order valence-corrected chi connectivity index (χ2v) is 9.64. The molecule has 1 unspecified atom stereocenters. The van der Waals surface area contributed by atoms with Crippen LogP contribution in [0.15, 0.2) is 47.6 Å². The number of imide groups is 2.